The van der Waals surface area contributed by atoms with Gasteiger partial charge in [-0.05, 0) is 17.9 Å². The highest BCUT2D eigenvalue weighted by Crippen LogP contribution is 2.17. The topological polar surface area (TPSA) is 159 Å². The molecule has 3 atom stereocenters. The van der Waals surface area contributed by atoms with Gasteiger partial charge in [-0.3, -0.25) is 0 Å². The average Bonchev–Trinajstić information content (AvgIpc) is 3.33. The second-order valence-electron chi connectivity index (χ2n) is 10.2. The van der Waals surface area contributed by atoms with Crippen LogP contribution in [0, 0.1) is 0 Å². The highest BCUT2D eigenvalue weighted by atomic mass is 31.1. The Morgan fingerprint density at radius 1 is 0.850 bits per heavy atom. The molecule has 2 aromatic heterocycles. The van der Waals surface area contributed by atoms with Crippen molar-refractivity contribution in [3.05, 3.63) is 12.7 Å². The molecule has 0 aliphatic rings. The Hall–Kier alpha value is -1.75. The van der Waals surface area contributed by atoms with E-state index >= 15 is 0 Å². The van der Waals surface area contributed by atoms with E-state index in [4.69, 9.17) is 24.5 Å². The first-order valence-corrected chi connectivity index (χ1v) is 15.8. The van der Waals surface area contributed by atoms with E-state index in [1.54, 1.807) is 6.33 Å². The molecule has 12 heteroatoms. The van der Waals surface area contributed by atoms with Crippen LogP contribution in [0.25, 0.3) is 11.2 Å². The molecule has 0 amide bonds. The molecule has 0 saturated heterocycles. The molecule has 0 saturated carbocycles. The molecule has 0 spiro atoms. The first-order valence-electron chi connectivity index (χ1n) is 14.9. The van der Waals surface area contributed by atoms with Crippen molar-refractivity contribution < 1.29 is 23.3 Å². The first-order chi connectivity index (χ1) is 19.2. The van der Waals surface area contributed by atoms with Crippen molar-refractivity contribution in [3.63, 3.8) is 0 Å². The van der Waals surface area contributed by atoms with Crippen LogP contribution in [0.5, 0.6) is 0 Å². The minimum atomic E-state index is -1.04. The zero-order valence-corrected chi connectivity index (χ0v) is 25.9. The summed E-state index contributed by atoms with van der Waals surface area (Å²) in [5.41, 5.74) is 7.00. The Morgan fingerprint density at radius 3 is 2.05 bits per heavy atom. The van der Waals surface area contributed by atoms with Crippen LogP contribution < -0.4 is 11.9 Å². The van der Waals surface area contributed by atoms with Gasteiger partial charge < -0.3 is 30.7 Å². The molecular weight excluding hydrogens is 531 g/mol. The van der Waals surface area contributed by atoms with E-state index in [-0.39, 0.29) is 12.3 Å². The molecule has 0 aromatic carbocycles. The van der Waals surface area contributed by atoms with Gasteiger partial charge in [-0.1, -0.05) is 101 Å². The zero-order valence-electron chi connectivity index (χ0n) is 24.9. The fourth-order valence-electron chi connectivity index (χ4n) is 4.56. The second-order valence-corrected chi connectivity index (χ2v) is 10.6. The van der Waals surface area contributed by atoms with E-state index < -0.39 is 15.2 Å². The molecule has 0 fully saturated rings. The van der Waals surface area contributed by atoms with Crippen LogP contribution in [0.4, 0.5) is 5.82 Å². The molecule has 2 unspecified atom stereocenters. The van der Waals surface area contributed by atoms with Crippen LogP contribution in [0.2, 0.25) is 0 Å². The number of imidazole rings is 1. The summed E-state index contributed by atoms with van der Waals surface area (Å²) in [5, 5.41) is 0. The third-order valence-electron chi connectivity index (χ3n) is 6.74. The van der Waals surface area contributed by atoms with Gasteiger partial charge >= 0.3 is 15.2 Å². The summed E-state index contributed by atoms with van der Waals surface area (Å²) in [7, 11) is -0.992. The maximum atomic E-state index is 11.0. The van der Waals surface area contributed by atoms with Crippen LogP contribution in [-0.4, -0.2) is 51.9 Å². The van der Waals surface area contributed by atoms with Crippen molar-refractivity contribution in [2.75, 3.05) is 25.6 Å². The van der Waals surface area contributed by atoms with Gasteiger partial charge in [-0.15, -0.1) is 0 Å². The van der Waals surface area contributed by atoms with Gasteiger partial charge in [0.2, 0.25) is 0 Å². The van der Waals surface area contributed by atoms with Crippen molar-refractivity contribution in [3.8, 4) is 0 Å². The molecular formula is C28H54N6O5P+. The second kappa shape index (κ2) is 23.9. The van der Waals surface area contributed by atoms with Gasteiger partial charge in [0.05, 0.1) is 32.2 Å². The van der Waals surface area contributed by atoms with Crippen LogP contribution in [0.3, 0.4) is 0 Å². The molecule has 0 aliphatic carbocycles. The number of nitrogen functional groups attached to an aromatic ring is 1. The van der Waals surface area contributed by atoms with Crippen molar-refractivity contribution >= 4 is 25.7 Å². The lowest BCUT2D eigenvalue weighted by Crippen LogP contribution is -2.27. The normalized spacial score (nSPS) is 13.1. The van der Waals surface area contributed by atoms with Crippen LogP contribution in [-0.2, 0) is 29.8 Å². The van der Waals surface area contributed by atoms with Crippen molar-refractivity contribution in [2.45, 2.75) is 129 Å². The molecule has 40 heavy (non-hydrogen) atoms. The molecule has 0 aliphatic heterocycles. The largest absolute Gasteiger partial charge is 0.499 e. The minimum absolute atomic E-state index is 0. The third kappa shape index (κ3) is 15.9. The summed E-state index contributed by atoms with van der Waals surface area (Å²) in [4.78, 5) is 12.4. The van der Waals surface area contributed by atoms with Gasteiger partial charge in [0.15, 0.2) is 11.5 Å². The number of hydrogen-bond acceptors (Lipinski definition) is 10. The molecule has 2 aromatic rings. The van der Waals surface area contributed by atoms with E-state index in [1.807, 2.05) is 11.5 Å². The maximum Gasteiger partial charge on any atom is 0.499 e. The Bertz CT molecular complexity index is 890. The van der Waals surface area contributed by atoms with Crippen LogP contribution >= 0.6 is 8.69 Å². The summed E-state index contributed by atoms with van der Waals surface area (Å²) in [6.07, 6.45) is 22.9. The number of aromatic nitrogens is 4. The standard InChI is InChI=1S/C28H51N5O5P.H3N/c1-3-4-5-6-7-8-9-10-11-12-13-14-15-16-17-18-35-19-20-36-28(38-39-34)37-24(2)21-33-23-32-25-26(29)30-22-31-27(25)33;/h22-24,28,39H,3-21H2,1-2H3,(H2,29,30,31);1H3/q+1;/t24-,28?;/m1./s1. The number of nitrogens with two attached hydrogens (primary N) is 1. The fraction of sp³-hybridized carbons (Fsp3) is 0.821. The number of anilines is 1. The van der Waals surface area contributed by atoms with Gasteiger partial charge in [-0.25, -0.2) is 15.0 Å². The fourth-order valence-corrected chi connectivity index (χ4v) is 4.77. The number of ether oxygens (including phenoxy) is 3. The maximum absolute atomic E-state index is 11.0. The van der Waals surface area contributed by atoms with Gasteiger partial charge in [0.1, 0.15) is 11.8 Å². The highest BCUT2D eigenvalue weighted by molar-refractivity contribution is 7.17. The number of nitrogens with zero attached hydrogens (tertiary/aromatic N) is 4. The number of fused-ring (bicyclic) bond motifs is 1. The zero-order chi connectivity index (χ0) is 28.0. The van der Waals surface area contributed by atoms with E-state index in [2.05, 4.69) is 21.9 Å². The lowest BCUT2D eigenvalue weighted by Gasteiger charge is -2.18. The number of unbranched alkanes of at least 4 members (excludes halogenated alkanes) is 14. The van der Waals surface area contributed by atoms with Crippen LogP contribution in [0.1, 0.15) is 110 Å². The summed E-state index contributed by atoms with van der Waals surface area (Å²) in [5.74, 6) is 0.328. The Kier molecular flexibility index (Phi) is 21.7. The van der Waals surface area contributed by atoms with E-state index in [9.17, 15) is 4.57 Å². The minimum Gasteiger partial charge on any atom is -0.382 e. The van der Waals surface area contributed by atoms with Gasteiger partial charge in [-0.2, -0.15) is 0 Å². The molecule has 0 radical (unpaired) electrons. The molecule has 5 N–H and O–H groups in total. The van der Waals surface area contributed by atoms with E-state index in [0.717, 1.165) is 6.42 Å². The monoisotopic (exact) mass is 585 g/mol. The predicted molar refractivity (Wildman–Crippen MR) is 161 cm³/mol. The summed E-state index contributed by atoms with van der Waals surface area (Å²) in [6.45, 7) is 4.96. The summed E-state index contributed by atoms with van der Waals surface area (Å²) >= 11 is 0. The highest BCUT2D eigenvalue weighted by Gasteiger charge is 2.20. The predicted octanol–water partition coefficient (Wildman–Crippen LogP) is 7.12. The van der Waals surface area contributed by atoms with Crippen LogP contribution in [0.15, 0.2) is 12.7 Å². The van der Waals surface area contributed by atoms with Gasteiger partial charge in [0.25, 0.3) is 0 Å². The van der Waals surface area contributed by atoms with Gasteiger partial charge in [0, 0.05) is 6.61 Å². The quantitative estimate of drug-likeness (QED) is 0.0661. The molecule has 2 heterocycles. The van der Waals surface area contributed by atoms with Crippen molar-refractivity contribution in [1.29, 1.82) is 0 Å². The number of rotatable bonds is 26. The van der Waals surface area contributed by atoms with E-state index in [1.165, 1.54) is 96.2 Å². The average molecular weight is 586 g/mol. The Labute approximate surface area is 242 Å². The smallest absolute Gasteiger partial charge is 0.382 e. The first kappa shape index (κ1) is 36.3. The summed E-state index contributed by atoms with van der Waals surface area (Å²) < 4.78 is 34.9. The lowest BCUT2D eigenvalue weighted by atomic mass is 10.0. The Morgan fingerprint density at radius 2 is 1.45 bits per heavy atom. The summed E-state index contributed by atoms with van der Waals surface area (Å²) in [6, 6.07) is 0. The van der Waals surface area contributed by atoms with Crippen molar-refractivity contribution in [2.24, 2.45) is 0 Å². The Balaban J connectivity index is 0.00000800. The molecule has 2 rings (SSSR count). The molecule has 230 valence electrons. The SMILES string of the molecule is CCCCCCCCCCCCCCCCCOCCOC(O[PH+]=O)O[C@H](C)Cn1cnc2c(N)ncnc21.N. The van der Waals surface area contributed by atoms with E-state index in [0.29, 0.717) is 43.3 Å². The number of hydrogen-bond donors (Lipinski definition) is 2. The lowest BCUT2D eigenvalue weighted by molar-refractivity contribution is -0.265. The molecule has 11 nitrogen and oxygen atoms in total. The molecule has 0 bridgehead atoms. The van der Waals surface area contributed by atoms with Crippen molar-refractivity contribution in [1.82, 2.24) is 25.7 Å². The third-order valence-corrected chi connectivity index (χ3v) is 7.03.